The van der Waals surface area contributed by atoms with Crippen molar-refractivity contribution in [3.05, 3.63) is 18.1 Å². The van der Waals surface area contributed by atoms with Crippen molar-refractivity contribution in [2.75, 3.05) is 19.6 Å². The normalized spacial score (nSPS) is 21.2. The van der Waals surface area contributed by atoms with Crippen molar-refractivity contribution < 1.29 is 0 Å². The molecule has 63 valence electrons. The summed E-state index contributed by atoms with van der Waals surface area (Å²) in [6.45, 7) is 12.0. The smallest absolute Gasteiger partial charge is 0.00385 e. The fourth-order valence-electron chi connectivity index (χ4n) is 1.47. The molecule has 0 aliphatic carbocycles. The standard InChI is InChI=1S/C10H18N/c1-9(2)8-11-6-4-10(3)5-7-11/h3-8H2,1-2H3. The van der Waals surface area contributed by atoms with Crippen LogP contribution in [0.3, 0.4) is 0 Å². The van der Waals surface area contributed by atoms with Crippen LogP contribution >= 0.6 is 0 Å². The lowest BCUT2D eigenvalue weighted by molar-refractivity contribution is 0.266. The molecule has 1 fully saturated rings. The minimum Gasteiger partial charge on any atom is -0.302 e. The van der Waals surface area contributed by atoms with E-state index in [0.717, 1.165) is 0 Å². The molecule has 0 unspecified atom stereocenters. The highest BCUT2D eigenvalue weighted by Gasteiger charge is 2.12. The van der Waals surface area contributed by atoms with E-state index in [1.54, 1.807) is 0 Å². The van der Waals surface area contributed by atoms with E-state index in [-0.39, 0.29) is 0 Å². The summed E-state index contributed by atoms with van der Waals surface area (Å²) in [5, 5.41) is 0. The number of nitrogens with zero attached hydrogens (tertiary/aromatic N) is 1. The van der Waals surface area contributed by atoms with Crippen LogP contribution in [0.2, 0.25) is 0 Å². The summed E-state index contributed by atoms with van der Waals surface area (Å²) in [5.74, 6) is 1.51. The summed E-state index contributed by atoms with van der Waals surface area (Å²) in [6, 6.07) is 0. The lowest BCUT2D eigenvalue weighted by Crippen LogP contribution is -2.32. The topological polar surface area (TPSA) is 3.24 Å². The molecule has 0 aromatic carbocycles. The van der Waals surface area contributed by atoms with Gasteiger partial charge in [0.15, 0.2) is 0 Å². The SMILES string of the molecule is C=C1CCN(C[C](C)C)CC1. The Bertz CT molecular complexity index is 128. The summed E-state index contributed by atoms with van der Waals surface area (Å²) >= 11 is 0. The monoisotopic (exact) mass is 152 g/mol. The van der Waals surface area contributed by atoms with Crippen molar-refractivity contribution in [1.29, 1.82) is 0 Å². The van der Waals surface area contributed by atoms with E-state index >= 15 is 0 Å². The molecule has 11 heavy (non-hydrogen) atoms. The quantitative estimate of drug-likeness (QED) is 0.549. The summed E-state index contributed by atoms with van der Waals surface area (Å²) in [4.78, 5) is 2.50. The van der Waals surface area contributed by atoms with Crippen molar-refractivity contribution in [1.82, 2.24) is 4.90 Å². The lowest BCUT2D eigenvalue weighted by Gasteiger charge is -2.28. The van der Waals surface area contributed by atoms with Crippen LogP contribution < -0.4 is 0 Å². The Labute approximate surface area is 70.1 Å². The van der Waals surface area contributed by atoms with Gasteiger partial charge in [0, 0.05) is 19.6 Å². The van der Waals surface area contributed by atoms with E-state index in [0.29, 0.717) is 0 Å². The second-order valence-corrected chi connectivity index (χ2v) is 3.73. The Morgan fingerprint density at radius 3 is 2.36 bits per heavy atom. The van der Waals surface area contributed by atoms with E-state index < -0.39 is 0 Å². The van der Waals surface area contributed by atoms with Crippen LogP contribution in [0.15, 0.2) is 12.2 Å². The van der Waals surface area contributed by atoms with Crippen molar-refractivity contribution in [3.8, 4) is 0 Å². The summed E-state index contributed by atoms with van der Waals surface area (Å²) in [5.41, 5.74) is 1.43. The maximum Gasteiger partial charge on any atom is 0.00385 e. The van der Waals surface area contributed by atoms with E-state index in [9.17, 15) is 0 Å². The highest BCUT2D eigenvalue weighted by atomic mass is 15.1. The highest BCUT2D eigenvalue weighted by Crippen LogP contribution is 2.14. The van der Waals surface area contributed by atoms with E-state index in [2.05, 4.69) is 25.3 Å². The molecule has 1 radical (unpaired) electrons. The van der Waals surface area contributed by atoms with Gasteiger partial charge in [-0.25, -0.2) is 0 Å². The Balaban J connectivity index is 2.22. The van der Waals surface area contributed by atoms with Gasteiger partial charge in [-0.15, -0.1) is 0 Å². The fraction of sp³-hybridized carbons (Fsp3) is 0.700. The van der Waals surface area contributed by atoms with Gasteiger partial charge in [0.2, 0.25) is 0 Å². The number of piperidine rings is 1. The molecule has 0 bridgehead atoms. The van der Waals surface area contributed by atoms with Gasteiger partial charge in [-0.2, -0.15) is 0 Å². The van der Waals surface area contributed by atoms with Crippen LogP contribution in [0.25, 0.3) is 0 Å². The molecule has 0 aromatic rings. The highest BCUT2D eigenvalue weighted by molar-refractivity contribution is 5.00. The molecule has 1 saturated heterocycles. The average molecular weight is 152 g/mol. The second-order valence-electron chi connectivity index (χ2n) is 3.73. The number of rotatable bonds is 2. The van der Waals surface area contributed by atoms with Crippen LogP contribution in [-0.2, 0) is 0 Å². The first-order valence-corrected chi connectivity index (χ1v) is 4.36. The average Bonchev–Trinajstić information content (AvgIpc) is 1.93. The Morgan fingerprint density at radius 2 is 1.91 bits per heavy atom. The predicted molar refractivity (Wildman–Crippen MR) is 49.4 cm³/mol. The third kappa shape index (κ3) is 3.06. The zero-order chi connectivity index (χ0) is 8.27. The number of hydrogen-bond donors (Lipinski definition) is 0. The Morgan fingerprint density at radius 1 is 1.36 bits per heavy atom. The largest absolute Gasteiger partial charge is 0.302 e. The van der Waals surface area contributed by atoms with Crippen LogP contribution in [0, 0.1) is 5.92 Å². The molecule has 1 heterocycles. The van der Waals surface area contributed by atoms with Gasteiger partial charge in [0.25, 0.3) is 0 Å². The molecular weight excluding hydrogens is 134 g/mol. The van der Waals surface area contributed by atoms with Gasteiger partial charge >= 0.3 is 0 Å². The van der Waals surface area contributed by atoms with E-state index in [1.165, 1.54) is 44.0 Å². The third-order valence-electron chi connectivity index (χ3n) is 2.10. The molecule has 0 amide bonds. The van der Waals surface area contributed by atoms with Gasteiger partial charge in [0.05, 0.1) is 0 Å². The third-order valence-corrected chi connectivity index (χ3v) is 2.10. The minimum absolute atomic E-state index is 1.17. The van der Waals surface area contributed by atoms with Gasteiger partial charge in [0.1, 0.15) is 0 Å². The maximum absolute atomic E-state index is 3.99. The van der Waals surface area contributed by atoms with Gasteiger partial charge < -0.3 is 4.90 Å². The Kier molecular flexibility index (Phi) is 3.13. The molecule has 0 atom stereocenters. The molecule has 0 saturated carbocycles. The molecule has 0 N–H and O–H groups in total. The molecule has 0 spiro atoms. The molecular formula is C10H18N. The summed E-state index contributed by atoms with van der Waals surface area (Å²) < 4.78 is 0. The van der Waals surface area contributed by atoms with Crippen molar-refractivity contribution in [2.24, 2.45) is 0 Å². The van der Waals surface area contributed by atoms with Crippen molar-refractivity contribution in [3.63, 3.8) is 0 Å². The second kappa shape index (κ2) is 3.91. The molecule has 1 heteroatoms. The van der Waals surface area contributed by atoms with E-state index in [1.807, 2.05) is 0 Å². The first-order valence-electron chi connectivity index (χ1n) is 4.36. The minimum atomic E-state index is 1.17. The van der Waals surface area contributed by atoms with Crippen LogP contribution in [0.4, 0.5) is 0 Å². The van der Waals surface area contributed by atoms with Gasteiger partial charge in [-0.05, 0) is 18.8 Å². The van der Waals surface area contributed by atoms with Gasteiger partial charge in [-0.1, -0.05) is 26.0 Å². The lowest BCUT2D eigenvalue weighted by atomic mass is 10.0. The maximum atomic E-state index is 3.99. The van der Waals surface area contributed by atoms with E-state index in [4.69, 9.17) is 0 Å². The molecule has 0 aromatic heterocycles. The van der Waals surface area contributed by atoms with Crippen LogP contribution in [-0.4, -0.2) is 24.5 Å². The van der Waals surface area contributed by atoms with Crippen LogP contribution in [0.1, 0.15) is 26.7 Å². The molecule has 1 aliphatic heterocycles. The van der Waals surface area contributed by atoms with Crippen molar-refractivity contribution >= 4 is 0 Å². The fourth-order valence-corrected chi connectivity index (χ4v) is 1.47. The zero-order valence-corrected chi connectivity index (χ0v) is 7.69. The van der Waals surface area contributed by atoms with Crippen LogP contribution in [0.5, 0.6) is 0 Å². The number of hydrogen-bond acceptors (Lipinski definition) is 1. The zero-order valence-electron chi connectivity index (χ0n) is 7.69. The summed E-state index contributed by atoms with van der Waals surface area (Å²) in [7, 11) is 0. The number of likely N-dealkylation sites (tertiary alicyclic amines) is 1. The predicted octanol–water partition coefficient (Wildman–Crippen LogP) is 2.25. The first-order chi connectivity index (χ1) is 5.18. The molecule has 1 nitrogen and oxygen atoms in total. The first kappa shape index (κ1) is 8.79. The molecule has 1 aliphatic rings. The summed E-state index contributed by atoms with van der Waals surface area (Å²) in [6.07, 6.45) is 2.40. The Hall–Kier alpha value is -0.300. The van der Waals surface area contributed by atoms with Gasteiger partial charge in [-0.3, -0.25) is 0 Å². The molecule has 1 rings (SSSR count). The van der Waals surface area contributed by atoms with Crippen molar-refractivity contribution in [2.45, 2.75) is 26.7 Å².